The summed E-state index contributed by atoms with van der Waals surface area (Å²) in [7, 11) is 0. The van der Waals surface area contributed by atoms with E-state index in [2.05, 4.69) is 0 Å². The maximum atomic E-state index is 12.3. The Morgan fingerprint density at radius 2 is 1.87 bits per heavy atom. The van der Waals surface area contributed by atoms with E-state index in [0.29, 0.717) is 12.8 Å². The molecule has 0 bridgehead atoms. The molecule has 0 spiro atoms. The summed E-state index contributed by atoms with van der Waals surface area (Å²) in [5, 5.41) is 0. The molecule has 5 nitrogen and oxygen atoms in total. The molecule has 1 aliphatic rings. The molecule has 1 atom stereocenters. The van der Waals surface area contributed by atoms with Gasteiger partial charge in [0.15, 0.2) is 5.78 Å². The van der Waals surface area contributed by atoms with E-state index in [0.717, 1.165) is 18.4 Å². The molecular formula is C18H22O5. The first kappa shape index (κ1) is 17.2. The smallest absolute Gasteiger partial charge is 0.320 e. The Morgan fingerprint density at radius 3 is 2.52 bits per heavy atom. The van der Waals surface area contributed by atoms with Crippen LogP contribution in [0.3, 0.4) is 0 Å². The lowest BCUT2D eigenvalue weighted by Crippen LogP contribution is -2.44. The second kappa shape index (κ2) is 7.90. The second-order valence-electron chi connectivity index (χ2n) is 5.76. The maximum Gasteiger partial charge on any atom is 0.320 e. The largest absolute Gasteiger partial charge is 0.465 e. The summed E-state index contributed by atoms with van der Waals surface area (Å²) >= 11 is 0. The first-order chi connectivity index (χ1) is 11.1. The third-order valence-electron chi connectivity index (χ3n) is 4.15. The second-order valence-corrected chi connectivity index (χ2v) is 5.76. The van der Waals surface area contributed by atoms with Gasteiger partial charge in [-0.25, -0.2) is 0 Å². The van der Waals surface area contributed by atoms with Crippen molar-refractivity contribution in [2.45, 2.75) is 45.6 Å². The van der Waals surface area contributed by atoms with Crippen LogP contribution in [0.5, 0.6) is 0 Å². The molecule has 124 valence electrons. The van der Waals surface area contributed by atoms with Gasteiger partial charge in [-0.1, -0.05) is 36.8 Å². The van der Waals surface area contributed by atoms with Gasteiger partial charge in [0.25, 0.3) is 0 Å². The predicted molar refractivity (Wildman–Crippen MR) is 83.4 cm³/mol. The van der Waals surface area contributed by atoms with Crippen molar-refractivity contribution < 1.29 is 23.9 Å². The molecule has 1 aliphatic carbocycles. The highest BCUT2D eigenvalue weighted by molar-refractivity contribution is 6.06. The fourth-order valence-corrected chi connectivity index (χ4v) is 2.87. The molecule has 0 radical (unpaired) electrons. The molecule has 1 saturated carbocycles. The van der Waals surface area contributed by atoms with E-state index in [4.69, 9.17) is 9.47 Å². The van der Waals surface area contributed by atoms with E-state index in [1.165, 1.54) is 0 Å². The normalized spacial score (nSPS) is 20.8. The molecule has 5 heteroatoms. The van der Waals surface area contributed by atoms with Crippen LogP contribution in [0, 0.1) is 5.41 Å². The summed E-state index contributed by atoms with van der Waals surface area (Å²) in [6.07, 6.45) is 1.91. The van der Waals surface area contributed by atoms with Crippen LogP contribution in [0.1, 0.15) is 44.6 Å². The predicted octanol–water partition coefficient (Wildman–Crippen LogP) is 2.81. The first-order valence-corrected chi connectivity index (χ1v) is 7.98. The molecule has 0 saturated heterocycles. The number of benzene rings is 1. The van der Waals surface area contributed by atoms with E-state index in [1.54, 1.807) is 6.92 Å². The molecule has 0 aliphatic heterocycles. The van der Waals surface area contributed by atoms with E-state index in [9.17, 15) is 14.4 Å². The van der Waals surface area contributed by atoms with Crippen LogP contribution in [0.2, 0.25) is 0 Å². The monoisotopic (exact) mass is 318 g/mol. The maximum absolute atomic E-state index is 12.3. The minimum Gasteiger partial charge on any atom is -0.465 e. The molecule has 1 aromatic carbocycles. The Kier molecular flexibility index (Phi) is 5.90. The number of ketones is 1. The van der Waals surface area contributed by atoms with Crippen LogP contribution in [0.25, 0.3) is 0 Å². The average molecular weight is 318 g/mol. The molecular weight excluding hydrogens is 296 g/mol. The number of rotatable bonds is 6. The van der Waals surface area contributed by atoms with Gasteiger partial charge in [-0.3, -0.25) is 14.4 Å². The van der Waals surface area contributed by atoms with Gasteiger partial charge in [0, 0.05) is 6.42 Å². The minimum atomic E-state index is -1.36. The highest BCUT2D eigenvalue weighted by Crippen LogP contribution is 2.38. The SMILES string of the molecule is CCOC(=O)[C@@]1(CC(=O)OCc2ccccc2)CCCCC1=O. The number of carbonyl (C=O) groups excluding carboxylic acids is 3. The summed E-state index contributed by atoms with van der Waals surface area (Å²) < 4.78 is 10.3. The summed E-state index contributed by atoms with van der Waals surface area (Å²) in [6.45, 7) is 2.01. The highest BCUT2D eigenvalue weighted by atomic mass is 16.5. The van der Waals surface area contributed by atoms with E-state index >= 15 is 0 Å². The minimum absolute atomic E-state index is 0.132. The molecule has 2 rings (SSSR count). The lowest BCUT2D eigenvalue weighted by molar-refractivity contribution is -0.169. The number of hydrogen-bond acceptors (Lipinski definition) is 5. The van der Waals surface area contributed by atoms with Crippen molar-refractivity contribution in [1.29, 1.82) is 0 Å². The first-order valence-electron chi connectivity index (χ1n) is 7.98. The quantitative estimate of drug-likeness (QED) is 0.596. The zero-order chi connectivity index (χ0) is 16.7. The fraction of sp³-hybridized carbons (Fsp3) is 0.500. The Labute approximate surface area is 136 Å². The van der Waals surface area contributed by atoms with Crippen LogP contribution >= 0.6 is 0 Å². The fourth-order valence-electron chi connectivity index (χ4n) is 2.87. The lowest BCUT2D eigenvalue weighted by atomic mass is 9.70. The lowest BCUT2D eigenvalue weighted by Gasteiger charge is -2.32. The van der Waals surface area contributed by atoms with Gasteiger partial charge in [-0.15, -0.1) is 0 Å². The summed E-state index contributed by atoms with van der Waals surface area (Å²) in [4.78, 5) is 36.8. The molecule has 0 aromatic heterocycles. The number of ether oxygens (including phenoxy) is 2. The third kappa shape index (κ3) is 4.18. The summed E-state index contributed by atoms with van der Waals surface area (Å²) in [5.41, 5.74) is -0.497. The third-order valence-corrected chi connectivity index (χ3v) is 4.15. The van der Waals surface area contributed by atoms with Gasteiger partial charge in [0.1, 0.15) is 12.0 Å². The summed E-state index contributed by atoms with van der Waals surface area (Å²) in [5.74, 6) is -1.35. The number of hydrogen-bond donors (Lipinski definition) is 0. The van der Waals surface area contributed by atoms with Gasteiger partial charge in [-0.2, -0.15) is 0 Å². The van der Waals surface area contributed by atoms with Crippen molar-refractivity contribution in [3.8, 4) is 0 Å². The Morgan fingerprint density at radius 1 is 1.13 bits per heavy atom. The van der Waals surface area contributed by atoms with Crippen molar-refractivity contribution in [1.82, 2.24) is 0 Å². The molecule has 0 heterocycles. The molecule has 0 unspecified atom stereocenters. The van der Waals surface area contributed by atoms with Crippen LogP contribution in [0.4, 0.5) is 0 Å². The van der Waals surface area contributed by atoms with Crippen LogP contribution in [-0.2, 0) is 30.5 Å². The van der Waals surface area contributed by atoms with E-state index in [1.807, 2.05) is 30.3 Å². The highest BCUT2D eigenvalue weighted by Gasteiger charge is 2.49. The van der Waals surface area contributed by atoms with Gasteiger partial charge in [-0.05, 0) is 25.3 Å². The van der Waals surface area contributed by atoms with Crippen LogP contribution in [-0.4, -0.2) is 24.3 Å². The van der Waals surface area contributed by atoms with Crippen LogP contribution < -0.4 is 0 Å². The Bertz CT molecular complexity index is 566. The van der Waals surface area contributed by atoms with Crippen molar-refractivity contribution in [2.75, 3.05) is 6.61 Å². The van der Waals surface area contributed by atoms with Gasteiger partial charge < -0.3 is 9.47 Å². The van der Waals surface area contributed by atoms with Crippen molar-refractivity contribution >= 4 is 17.7 Å². The topological polar surface area (TPSA) is 69.7 Å². The molecule has 0 N–H and O–H groups in total. The standard InChI is InChI=1S/C18H22O5/c1-2-22-17(21)18(11-7-6-10-15(18)19)12-16(20)23-13-14-8-4-3-5-9-14/h3-5,8-9H,2,6-7,10-13H2,1H3/t18-/m1/s1. The number of Topliss-reactive ketones (excluding diaryl/α,β-unsaturated/α-hetero) is 1. The van der Waals surface area contributed by atoms with E-state index < -0.39 is 17.4 Å². The van der Waals surface area contributed by atoms with Gasteiger partial charge in [0.2, 0.25) is 0 Å². The molecule has 1 fully saturated rings. The molecule has 23 heavy (non-hydrogen) atoms. The molecule has 0 amide bonds. The van der Waals surface area contributed by atoms with Gasteiger partial charge >= 0.3 is 11.9 Å². The van der Waals surface area contributed by atoms with Crippen LogP contribution in [0.15, 0.2) is 30.3 Å². The Balaban J connectivity index is 2.03. The van der Waals surface area contributed by atoms with E-state index in [-0.39, 0.29) is 25.4 Å². The van der Waals surface area contributed by atoms with Gasteiger partial charge in [0.05, 0.1) is 13.0 Å². The van der Waals surface area contributed by atoms with Crippen molar-refractivity contribution in [3.05, 3.63) is 35.9 Å². The number of esters is 2. The zero-order valence-electron chi connectivity index (χ0n) is 13.4. The molecule has 1 aromatic rings. The summed E-state index contributed by atoms with van der Waals surface area (Å²) in [6, 6.07) is 9.28. The number of carbonyl (C=O) groups is 3. The zero-order valence-corrected chi connectivity index (χ0v) is 13.4. The average Bonchev–Trinajstić information content (AvgIpc) is 2.56. The Hall–Kier alpha value is -2.17. The van der Waals surface area contributed by atoms with Crippen molar-refractivity contribution in [2.24, 2.45) is 5.41 Å². The van der Waals surface area contributed by atoms with Crippen molar-refractivity contribution in [3.63, 3.8) is 0 Å².